The maximum atomic E-state index is 5.04. The number of aromatic amines is 1. The average molecular weight is 228 g/mol. The molecule has 2 rings (SSSR count). The number of hydrogen-bond acceptors (Lipinski definition) is 3. The lowest BCUT2D eigenvalue weighted by Crippen LogP contribution is -1.83. The molecule has 0 spiro atoms. The van der Waals surface area contributed by atoms with E-state index < -0.39 is 0 Å². The molecule has 0 saturated heterocycles. The van der Waals surface area contributed by atoms with E-state index in [0.29, 0.717) is 5.88 Å². The number of hydrogen-bond donors (Lipinski definition) is 1. The van der Waals surface area contributed by atoms with Crippen molar-refractivity contribution in [3.8, 4) is 5.88 Å². The van der Waals surface area contributed by atoms with Crippen molar-refractivity contribution in [1.82, 2.24) is 15.2 Å². The standard InChI is InChI=1S/C7H6BrN3O/c1-12-7-5-4(10-11-7)2-3-9-6(5)8/h2-3H,1H3,(H,10,11). The van der Waals surface area contributed by atoms with E-state index in [4.69, 9.17) is 4.74 Å². The number of methoxy groups -OCH3 is 1. The van der Waals surface area contributed by atoms with E-state index in [1.165, 1.54) is 0 Å². The molecule has 0 unspecified atom stereocenters. The van der Waals surface area contributed by atoms with E-state index in [9.17, 15) is 0 Å². The quantitative estimate of drug-likeness (QED) is 0.756. The molecular formula is C7H6BrN3O. The zero-order valence-electron chi connectivity index (χ0n) is 6.34. The van der Waals surface area contributed by atoms with Crippen LogP contribution in [0.2, 0.25) is 0 Å². The van der Waals surface area contributed by atoms with Gasteiger partial charge in [-0.1, -0.05) is 0 Å². The van der Waals surface area contributed by atoms with Crippen molar-refractivity contribution in [3.05, 3.63) is 16.9 Å². The second-order valence-corrected chi connectivity index (χ2v) is 3.01. The lowest BCUT2D eigenvalue weighted by molar-refractivity contribution is 0.401. The summed E-state index contributed by atoms with van der Waals surface area (Å²) in [7, 11) is 1.58. The molecule has 2 aromatic heterocycles. The first-order valence-corrected chi connectivity index (χ1v) is 4.15. The molecule has 0 aliphatic heterocycles. The molecule has 0 saturated carbocycles. The molecule has 0 amide bonds. The number of nitrogens with zero attached hydrogens (tertiary/aromatic N) is 2. The van der Waals surface area contributed by atoms with Crippen molar-refractivity contribution in [2.45, 2.75) is 0 Å². The first kappa shape index (κ1) is 7.54. The third-order valence-corrected chi connectivity index (χ3v) is 2.19. The minimum atomic E-state index is 0.560. The van der Waals surface area contributed by atoms with Gasteiger partial charge in [0.25, 0.3) is 0 Å². The Labute approximate surface area is 77.1 Å². The summed E-state index contributed by atoms with van der Waals surface area (Å²) in [5.41, 5.74) is 0.911. The minimum absolute atomic E-state index is 0.560. The maximum Gasteiger partial charge on any atom is 0.243 e. The topological polar surface area (TPSA) is 50.8 Å². The lowest BCUT2D eigenvalue weighted by atomic mass is 10.3. The molecule has 62 valence electrons. The van der Waals surface area contributed by atoms with Crippen LogP contribution in [0.15, 0.2) is 16.9 Å². The van der Waals surface area contributed by atoms with E-state index in [1.54, 1.807) is 13.3 Å². The van der Waals surface area contributed by atoms with Crippen molar-refractivity contribution in [2.24, 2.45) is 0 Å². The highest BCUT2D eigenvalue weighted by Gasteiger charge is 2.08. The van der Waals surface area contributed by atoms with Gasteiger partial charge in [0, 0.05) is 6.20 Å². The molecule has 0 fully saturated rings. The molecule has 0 aliphatic carbocycles. The number of nitrogens with one attached hydrogen (secondary N) is 1. The average Bonchev–Trinajstić information content (AvgIpc) is 2.49. The van der Waals surface area contributed by atoms with Gasteiger partial charge in [0.15, 0.2) is 0 Å². The van der Waals surface area contributed by atoms with Crippen molar-refractivity contribution in [3.63, 3.8) is 0 Å². The number of halogens is 1. The fourth-order valence-corrected chi connectivity index (χ4v) is 1.55. The Morgan fingerprint density at radius 3 is 3.17 bits per heavy atom. The first-order valence-electron chi connectivity index (χ1n) is 3.35. The van der Waals surface area contributed by atoms with E-state index in [0.717, 1.165) is 15.5 Å². The highest BCUT2D eigenvalue weighted by atomic mass is 79.9. The fourth-order valence-electron chi connectivity index (χ4n) is 1.05. The molecule has 2 aromatic rings. The monoisotopic (exact) mass is 227 g/mol. The minimum Gasteiger partial charge on any atom is -0.479 e. The van der Waals surface area contributed by atoms with Gasteiger partial charge < -0.3 is 4.74 Å². The SMILES string of the molecule is COc1n[nH]c2ccnc(Br)c12. The number of fused-ring (bicyclic) bond motifs is 1. The van der Waals surface area contributed by atoms with Gasteiger partial charge in [-0.3, -0.25) is 5.10 Å². The van der Waals surface area contributed by atoms with Gasteiger partial charge in [-0.05, 0) is 22.0 Å². The van der Waals surface area contributed by atoms with Crippen LogP contribution in [0.1, 0.15) is 0 Å². The summed E-state index contributed by atoms with van der Waals surface area (Å²) in [6, 6.07) is 1.84. The van der Waals surface area contributed by atoms with Gasteiger partial charge >= 0.3 is 0 Å². The van der Waals surface area contributed by atoms with Crippen LogP contribution < -0.4 is 4.74 Å². The Bertz CT molecular complexity index is 412. The van der Waals surface area contributed by atoms with Crippen LogP contribution in [-0.2, 0) is 0 Å². The maximum absolute atomic E-state index is 5.04. The van der Waals surface area contributed by atoms with Gasteiger partial charge in [-0.25, -0.2) is 4.98 Å². The number of H-pyrrole nitrogens is 1. The van der Waals surface area contributed by atoms with Gasteiger partial charge in [0.2, 0.25) is 5.88 Å². The third kappa shape index (κ3) is 0.972. The van der Waals surface area contributed by atoms with Crippen LogP contribution in [0.4, 0.5) is 0 Å². The Kier molecular flexibility index (Phi) is 1.73. The van der Waals surface area contributed by atoms with Crippen molar-refractivity contribution >= 4 is 26.8 Å². The molecular weight excluding hydrogens is 222 g/mol. The molecule has 12 heavy (non-hydrogen) atoms. The normalized spacial score (nSPS) is 10.5. The lowest BCUT2D eigenvalue weighted by Gasteiger charge is -1.94. The molecule has 1 N–H and O–H groups in total. The van der Waals surface area contributed by atoms with Gasteiger partial charge in [0.1, 0.15) is 4.60 Å². The number of ether oxygens (including phenoxy) is 1. The predicted octanol–water partition coefficient (Wildman–Crippen LogP) is 1.73. The molecule has 0 atom stereocenters. The smallest absolute Gasteiger partial charge is 0.243 e. The van der Waals surface area contributed by atoms with Crippen molar-refractivity contribution in [1.29, 1.82) is 0 Å². The summed E-state index contributed by atoms with van der Waals surface area (Å²) in [6.45, 7) is 0. The van der Waals surface area contributed by atoms with Crippen LogP contribution in [-0.4, -0.2) is 22.3 Å². The summed E-state index contributed by atoms with van der Waals surface area (Å²) >= 11 is 3.32. The third-order valence-electron chi connectivity index (χ3n) is 1.59. The summed E-state index contributed by atoms with van der Waals surface area (Å²) in [4.78, 5) is 4.06. The van der Waals surface area contributed by atoms with Crippen LogP contribution in [0.25, 0.3) is 10.9 Å². The molecule has 0 aromatic carbocycles. The summed E-state index contributed by atoms with van der Waals surface area (Å²) in [5, 5.41) is 7.67. The number of aromatic nitrogens is 3. The highest BCUT2D eigenvalue weighted by Crippen LogP contribution is 2.27. The highest BCUT2D eigenvalue weighted by molar-refractivity contribution is 9.10. The van der Waals surface area contributed by atoms with Crippen molar-refractivity contribution in [2.75, 3.05) is 7.11 Å². The number of rotatable bonds is 1. The Balaban J connectivity index is 2.83. The van der Waals surface area contributed by atoms with E-state index >= 15 is 0 Å². The Morgan fingerprint density at radius 2 is 2.42 bits per heavy atom. The van der Waals surface area contributed by atoms with E-state index in [-0.39, 0.29) is 0 Å². The second kappa shape index (κ2) is 2.75. The summed E-state index contributed by atoms with van der Waals surface area (Å²) < 4.78 is 5.78. The van der Waals surface area contributed by atoms with Crippen molar-refractivity contribution < 1.29 is 4.74 Å². The van der Waals surface area contributed by atoms with E-state index in [1.807, 2.05) is 6.07 Å². The fraction of sp³-hybridized carbons (Fsp3) is 0.143. The van der Waals surface area contributed by atoms with Crippen LogP contribution >= 0.6 is 15.9 Å². The molecule has 4 nitrogen and oxygen atoms in total. The predicted molar refractivity (Wildman–Crippen MR) is 48.1 cm³/mol. The van der Waals surface area contributed by atoms with Crippen LogP contribution in [0.3, 0.4) is 0 Å². The largest absolute Gasteiger partial charge is 0.479 e. The zero-order valence-corrected chi connectivity index (χ0v) is 7.92. The van der Waals surface area contributed by atoms with Gasteiger partial charge in [-0.2, -0.15) is 0 Å². The van der Waals surface area contributed by atoms with Crippen LogP contribution in [0.5, 0.6) is 5.88 Å². The summed E-state index contributed by atoms with van der Waals surface area (Å²) in [6.07, 6.45) is 1.70. The molecule has 2 heterocycles. The summed E-state index contributed by atoms with van der Waals surface area (Å²) in [5.74, 6) is 0.560. The molecule has 5 heteroatoms. The van der Waals surface area contributed by atoms with Gasteiger partial charge in [0.05, 0.1) is 18.0 Å². The molecule has 0 bridgehead atoms. The molecule has 0 aliphatic rings. The first-order chi connectivity index (χ1) is 5.83. The van der Waals surface area contributed by atoms with Gasteiger partial charge in [-0.15, -0.1) is 5.10 Å². The number of pyridine rings is 1. The van der Waals surface area contributed by atoms with E-state index in [2.05, 4.69) is 31.1 Å². The molecule has 0 radical (unpaired) electrons. The Hall–Kier alpha value is -1.10. The zero-order chi connectivity index (χ0) is 8.55. The Morgan fingerprint density at radius 1 is 1.58 bits per heavy atom. The second-order valence-electron chi connectivity index (χ2n) is 2.26. The van der Waals surface area contributed by atoms with Crippen LogP contribution in [0, 0.1) is 0 Å².